The second-order valence-electron chi connectivity index (χ2n) is 15.2. The van der Waals surface area contributed by atoms with Crippen LogP contribution in [0.4, 0.5) is 18.7 Å². The molecule has 1 saturated heterocycles. The Morgan fingerprint density at radius 3 is 2.59 bits per heavy atom. The van der Waals surface area contributed by atoms with Gasteiger partial charge in [-0.15, -0.1) is 11.3 Å². The molecule has 3 aliphatic heterocycles. The summed E-state index contributed by atoms with van der Waals surface area (Å²) in [7, 11) is -3.92. The Hall–Kier alpha value is -4.90. The fourth-order valence-electron chi connectivity index (χ4n) is 7.82. The Balaban J connectivity index is 1.06. The van der Waals surface area contributed by atoms with Gasteiger partial charge < -0.3 is 20.3 Å². The molecular formula is C39H42F2N6O7S2. The third kappa shape index (κ3) is 7.88. The molecule has 5 atom stereocenters. The van der Waals surface area contributed by atoms with E-state index in [0.717, 1.165) is 12.8 Å². The molecule has 1 aromatic heterocycles. The molecule has 0 spiro atoms. The van der Waals surface area contributed by atoms with E-state index < -0.39 is 74.5 Å². The minimum atomic E-state index is -3.92. The number of hydrogen-bond acceptors (Lipinski definition) is 10. The van der Waals surface area contributed by atoms with Crippen LogP contribution in [0.2, 0.25) is 0 Å². The Morgan fingerprint density at radius 2 is 1.82 bits per heavy atom. The topological polar surface area (TPSA) is 167 Å². The quantitative estimate of drug-likeness (QED) is 0.279. The second-order valence-corrected chi connectivity index (χ2v) is 18.1. The fourth-order valence-corrected chi connectivity index (χ4v) is 9.95. The van der Waals surface area contributed by atoms with Crippen molar-refractivity contribution in [2.45, 2.75) is 99.9 Å². The highest BCUT2D eigenvalue weighted by Crippen LogP contribution is 2.46. The number of sulfonamides is 1. The molecule has 13 nitrogen and oxygen atoms in total. The molecule has 0 unspecified atom stereocenters. The molecule has 2 saturated carbocycles. The minimum Gasteiger partial charge on any atom is -0.444 e. The van der Waals surface area contributed by atoms with Gasteiger partial charge in [0.25, 0.3) is 5.91 Å². The molecule has 2 aromatic carbocycles. The van der Waals surface area contributed by atoms with E-state index in [2.05, 4.69) is 20.3 Å². The summed E-state index contributed by atoms with van der Waals surface area (Å²) in [6.07, 6.45) is 6.46. The standard InChI is InChI=1S/C39H42F2N6O7S2/c40-26-13-11-23(12-14-26)32-22-55-37(43-32)42-31-10-5-3-1-2-4-8-25-18-39(25,36(50)45-56(52,53)28-15-16-28)44-34(48)33-17-27(20-47(33)35(31)49)54-38(51)46-19-24-7-6-9-30(41)29(24)21-46/h4,6-9,11-14,22,25,27-28,31,33H,1-3,5,10,15-21H2,(H,42,43)(H,44,48)(H,45,50)/b8-4-/t25-,27+,31-,33-,39+/m0/s1. The third-order valence-electron chi connectivity index (χ3n) is 11.2. The van der Waals surface area contributed by atoms with Crippen molar-refractivity contribution in [3.05, 3.63) is 82.8 Å². The summed E-state index contributed by atoms with van der Waals surface area (Å²) in [5.41, 5.74) is 0.809. The van der Waals surface area contributed by atoms with Gasteiger partial charge in [0, 0.05) is 35.4 Å². The highest BCUT2D eigenvalue weighted by molar-refractivity contribution is 7.91. The zero-order valence-electron chi connectivity index (χ0n) is 30.4. The highest BCUT2D eigenvalue weighted by Gasteiger charge is 2.62. The first-order chi connectivity index (χ1) is 26.9. The summed E-state index contributed by atoms with van der Waals surface area (Å²) in [5, 5.41) is 7.69. The maximum absolute atomic E-state index is 14.6. The van der Waals surface area contributed by atoms with Gasteiger partial charge in [0.15, 0.2) is 5.13 Å². The number of benzene rings is 2. The summed E-state index contributed by atoms with van der Waals surface area (Å²) in [4.78, 5) is 63.5. The first kappa shape index (κ1) is 38.0. The largest absolute Gasteiger partial charge is 0.444 e. The molecule has 3 aromatic rings. The molecule has 0 radical (unpaired) electrons. The van der Waals surface area contributed by atoms with Gasteiger partial charge in [-0.2, -0.15) is 0 Å². The van der Waals surface area contributed by atoms with E-state index in [4.69, 9.17) is 4.74 Å². The predicted molar refractivity (Wildman–Crippen MR) is 202 cm³/mol. The number of anilines is 1. The zero-order chi connectivity index (χ0) is 39.2. The lowest BCUT2D eigenvalue weighted by molar-refractivity contribution is -0.140. The van der Waals surface area contributed by atoms with Gasteiger partial charge in [-0.25, -0.2) is 27.0 Å². The van der Waals surface area contributed by atoms with E-state index in [0.29, 0.717) is 59.6 Å². The van der Waals surface area contributed by atoms with E-state index in [1.807, 2.05) is 12.2 Å². The second kappa shape index (κ2) is 15.2. The molecule has 4 heterocycles. The first-order valence-corrected chi connectivity index (χ1v) is 21.4. The number of allylic oxidation sites excluding steroid dienone is 1. The van der Waals surface area contributed by atoms with Gasteiger partial charge >= 0.3 is 6.09 Å². The van der Waals surface area contributed by atoms with Gasteiger partial charge in [-0.3, -0.25) is 24.0 Å². The van der Waals surface area contributed by atoms with Crippen LogP contribution in [0.15, 0.2) is 60.0 Å². The Bertz CT molecular complexity index is 2180. The number of carbonyl (C=O) groups excluding carboxylic acids is 4. The first-order valence-electron chi connectivity index (χ1n) is 19.0. The number of nitrogens with zero attached hydrogens (tertiary/aromatic N) is 3. The average molecular weight is 809 g/mol. The Kier molecular flexibility index (Phi) is 10.3. The summed E-state index contributed by atoms with van der Waals surface area (Å²) >= 11 is 1.28. The van der Waals surface area contributed by atoms with Crippen LogP contribution in [0, 0.1) is 17.6 Å². The van der Waals surface area contributed by atoms with Crippen molar-refractivity contribution in [3.63, 3.8) is 0 Å². The number of aromatic nitrogens is 1. The number of rotatable bonds is 7. The summed E-state index contributed by atoms with van der Waals surface area (Å²) < 4.78 is 61.8. The summed E-state index contributed by atoms with van der Waals surface area (Å²) in [6, 6.07) is 8.53. The van der Waals surface area contributed by atoms with Gasteiger partial charge in [-0.05, 0) is 74.4 Å². The zero-order valence-corrected chi connectivity index (χ0v) is 32.1. The number of thiazole rings is 1. The van der Waals surface area contributed by atoms with E-state index in [-0.39, 0.29) is 38.3 Å². The van der Waals surface area contributed by atoms with Gasteiger partial charge in [0.1, 0.15) is 35.4 Å². The number of fused-ring (bicyclic) bond motifs is 3. The molecule has 4 amide bonds. The normalized spacial score (nSPS) is 27.2. The van der Waals surface area contributed by atoms with Crippen LogP contribution in [0.3, 0.4) is 0 Å². The number of amides is 4. The van der Waals surface area contributed by atoms with Crippen LogP contribution in [-0.2, 0) is 42.2 Å². The molecule has 296 valence electrons. The molecule has 2 aliphatic carbocycles. The maximum atomic E-state index is 14.6. The summed E-state index contributed by atoms with van der Waals surface area (Å²) in [6.45, 7) is 0.0185. The van der Waals surface area contributed by atoms with Crippen LogP contribution in [-0.4, -0.2) is 82.5 Å². The fraction of sp³-hybridized carbons (Fsp3) is 0.462. The lowest BCUT2D eigenvalue weighted by Gasteiger charge is -2.29. The highest BCUT2D eigenvalue weighted by atomic mass is 32.2. The third-order valence-corrected chi connectivity index (χ3v) is 13.8. The van der Waals surface area contributed by atoms with E-state index >= 15 is 0 Å². The SMILES string of the molecule is O=C1N[C@]2(C(=O)NS(=O)(=O)C3CC3)C[C@@H]2/C=C\CCCCC[C@H](Nc2nc(-c3ccc(F)cc3)cs2)C(=O)N2C[C@H](OC(=O)N3Cc4cccc(F)c4C3)C[C@@H]12. The molecule has 3 N–H and O–H groups in total. The van der Waals surface area contributed by atoms with E-state index in [9.17, 15) is 36.4 Å². The number of nitrogens with one attached hydrogen (secondary N) is 3. The van der Waals surface area contributed by atoms with Crippen LogP contribution >= 0.6 is 11.3 Å². The number of carbonyl (C=O) groups is 4. The number of halogens is 2. The molecule has 56 heavy (non-hydrogen) atoms. The number of ether oxygens (including phenoxy) is 1. The molecule has 0 bridgehead atoms. The van der Waals surface area contributed by atoms with Crippen LogP contribution in [0.1, 0.15) is 68.9 Å². The smallest absolute Gasteiger partial charge is 0.410 e. The van der Waals surface area contributed by atoms with Crippen molar-refractivity contribution >= 4 is 50.3 Å². The van der Waals surface area contributed by atoms with Crippen molar-refractivity contribution in [2.75, 3.05) is 11.9 Å². The van der Waals surface area contributed by atoms with Gasteiger partial charge in [0.2, 0.25) is 21.8 Å². The minimum absolute atomic E-state index is 0.0101. The number of hydrogen-bond donors (Lipinski definition) is 3. The predicted octanol–water partition coefficient (Wildman–Crippen LogP) is 4.99. The molecule has 8 rings (SSSR count). The molecule has 5 aliphatic rings. The van der Waals surface area contributed by atoms with E-state index in [1.165, 1.54) is 39.3 Å². The van der Waals surface area contributed by atoms with E-state index in [1.54, 1.807) is 29.6 Å². The van der Waals surface area contributed by atoms with Crippen molar-refractivity contribution in [3.8, 4) is 11.3 Å². The molecule has 3 fully saturated rings. The molecule has 17 heteroatoms. The lowest BCUT2D eigenvalue weighted by atomic mass is 10.1. The Labute approximate surface area is 326 Å². The van der Waals surface area contributed by atoms with Crippen molar-refractivity contribution < 1.29 is 41.1 Å². The monoisotopic (exact) mass is 808 g/mol. The van der Waals surface area contributed by atoms with Crippen LogP contribution in [0.25, 0.3) is 11.3 Å². The van der Waals surface area contributed by atoms with Gasteiger partial charge in [0.05, 0.1) is 24.0 Å². The molecular weight excluding hydrogens is 767 g/mol. The van der Waals surface area contributed by atoms with Crippen LogP contribution < -0.4 is 15.4 Å². The Morgan fingerprint density at radius 1 is 1.02 bits per heavy atom. The van der Waals surface area contributed by atoms with Crippen molar-refractivity contribution in [1.29, 1.82) is 0 Å². The van der Waals surface area contributed by atoms with Crippen molar-refractivity contribution in [2.24, 2.45) is 5.92 Å². The maximum Gasteiger partial charge on any atom is 0.410 e. The lowest BCUT2D eigenvalue weighted by Crippen LogP contribution is -2.57. The van der Waals surface area contributed by atoms with Crippen LogP contribution in [0.5, 0.6) is 0 Å². The van der Waals surface area contributed by atoms with Gasteiger partial charge in [-0.1, -0.05) is 37.1 Å². The average Bonchev–Trinajstić information content (AvgIpc) is 3.97. The van der Waals surface area contributed by atoms with Crippen molar-refractivity contribution in [1.82, 2.24) is 24.8 Å². The summed E-state index contributed by atoms with van der Waals surface area (Å²) in [5.74, 6) is -3.20.